The van der Waals surface area contributed by atoms with Crippen LogP contribution in [0.4, 0.5) is 5.69 Å². The number of hydrogen-bond donors (Lipinski definition) is 1. The predicted octanol–water partition coefficient (Wildman–Crippen LogP) is 3.61. The quantitative estimate of drug-likeness (QED) is 0.850. The number of rotatable bonds is 3. The van der Waals surface area contributed by atoms with Gasteiger partial charge in [0.15, 0.2) is 0 Å². The molecule has 0 fully saturated rings. The van der Waals surface area contributed by atoms with Gasteiger partial charge in [-0.1, -0.05) is 17.7 Å². The van der Waals surface area contributed by atoms with Crippen molar-refractivity contribution in [2.45, 2.75) is 11.8 Å². The molecule has 1 N–H and O–H groups in total. The van der Waals surface area contributed by atoms with Crippen molar-refractivity contribution in [2.75, 3.05) is 4.72 Å². The van der Waals surface area contributed by atoms with Gasteiger partial charge in [0.05, 0.1) is 10.6 Å². The average molecular weight is 362 g/mol. The standard InChI is InChI=1S/C12H10BrClN2O2S/c1-8-2-3-11(10(13)6-8)16-19(17,18)9-4-5-15-12(14)7-9/h2-7,16H,1H3. The lowest BCUT2D eigenvalue weighted by molar-refractivity contribution is 0.601. The lowest BCUT2D eigenvalue weighted by Crippen LogP contribution is -2.13. The van der Waals surface area contributed by atoms with E-state index in [0.29, 0.717) is 10.2 Å². The Labute approximate surface area is 125 Å². The number of pyridine rings is 1. The zero-order valence-electron chi connectivity index (χ0n) is 9.89. The SMILES string of the molecule is Cc1ccc(NS(=O)(=O)c2ccnc(Cl)c2)c(Br)c1. The van der Waals surface area contributed by atoms with E-state index in [2.05, 4.69) is 25.6 Å². The minimum atomic E-state index is -3.68. The number of halogens is 2. The molecule has 0 amide bonds. The molecule has 0 saturated carbocycles. The molecule has 2 rings (SSSR count). The Bertz CT molecular complexity index is 719. The number of anilines is 1. The molecule has 1 aromatic heterocycles. The van der Waals surface area contributed by atoms with Crippen molar-refractivity contribution >= 4 is 43.2 Å². The molecule has 0 saturated heterocycles. The molecule has 0 aliphatic carbocycles. The third-order valence-corrected chi connectivity index (χ3v) is 4.60. The van der Waals surface area contributed by atoms with Crippen molar-refractivity contribution in [1.82, 2.24) is 4.98 Å². The highest BCUT2D eigenvalue weighted by atomic mass is 79.9. The number of nitrogens with one attached hydrogen (secondary N) is 1. The first-order valence-corrected chi connectivity index (χ1v) is 7.94. The molecule has 100 valence electrons. The zero-order chi connectivity index (χ0) is 14.0. The molecule has 4 nitrogen and oxygen atoms in total. The van der Waals surface area contributed by atoms with Gasteiger partial charge < -0.3 is 0 Å². The first kappa shape index (κ1) is 14.3. The van der Waals surface area contributed by atoms with E-state index in [1.807, 2.05) is 19.1 Å². The summed E-state index contributed by atoms with van der Waals surface area (Å²) < 4.78 is 27.5. The summed E-state index contributed by atoms with van der Waals surface area (Å²) in [6, 6.07) is 8.03. The molecule has 7 heteroatoms. The molecular formula is C12H10BrClN2O2S. The summed E-state index contributed by atoms with van der Waals surface area (Å²) in [5.41, 5.74) is 1.50. The van der Waals surface area contributed by atoms with E-state index in [9.17, 15) is 8.42 Å². The van der Waals surface area contributed by atoms with Crippen LogP contribution in [0.1, 0.15) is 5.56 Å². The monoisotopic (exact) mass is 360 g/mol. The molecule has 19 heavy (non-hydrogen) atoms. The highest BCUT2D eigenvalue weighted by Gasteiger charge is 2.16. The number of benzene rings is 1. The molecule has 0 unspecified atom stereocenters. The normalized spacial score (nSPS) is 11.3. The summed E-state index contributed by atoms with van der Waals surface area (Å²) in [5, 5.41) is 0.130. The molecule has 0 bridgehead atoms. The Morgan fingerprint density at radius 3 is 2.63 bits per heavy atom. The lowest BCUT2D eigenvalue weighted by Gasteiger charge is -2.10. The van der Waals surface area contributed by atoms with Gasteiger partial charge in [-0.2, -0.15) is 0 Å². The molecule has 1 heterocycles. The second kappa shape index (κ2) is 5.48. The van der Waals surface area contributed by atoms with E-state index in [-0.39, 0.29) is 10.0 Å². The largest absolute Gasteiger partial charge is 0.278 e. The Morgan fingerprint density at radius 2 is 2.00 bits per heavy atom. The first-order chi connectivity index (χ1) is 8.88. The highest BCUT2D eigenvalue weighted by molar-refractivity contribution is 9.10. The number of sulfonamides is 1. The summed E-state index contributed by atoms with van der Waals surface area (Å²) in [4.78, 5) is 3.82. The Kier molecular flexibility index (Phi) is 4.13. The van der Waals surface area contributed by atoms with Crippen LogP contribution in [-0.2, 0) is 10.0 Å². The van der Waals surface area contributed by atoms with Crippen LogP contribution in [0.3, 0.4) is 0 Å². The van der Waals surface area contributed by atoms with E-state index >= 15 is 0 Å². The maximum absolute atomic E-state index is 12.2. The summed E-state index contributed by atoms with van der Waals surface area (Å²) in [7, 11) is -3.68. The van der Waals surface area contributed by atoms with Gasteiger partial charge >= 0.3 is 0 Å². The fraction of sp³-hybridized carbons (Fsp3) is 0.0833. The molecule has 0 atom stereocenters. The average Bonchev–Trinajstić information content (AvgIpc) is 2.33. The maximum Gasteiger partial charge on any atom is 0.262 e. The Balaban J connectivity index is 2.36. The molecule has 0 spiro atoms. The number of aromatic nitrogens is 1. The molecule has 0 aliphatic heterocycles. The number of nitrogens with zero attached hydrogens (tertiary/aromatic N) is 1. The van der Waals surface area contributed by atoms with Gasteiger partial charge in [-0.05, 0) is 52.7 Å². The fourth-order valence-electron chi connectivity index (χ4n) is 1.46. The highest BCUT2D eigenvalue weighted by Crippen LogP contribution is 2.26. The molecule has 2 aromatic rings. The third-order valence-electron chi connectivity index (χ3n) is 2.38. The predicted molar refractivity (Wildman–Crippen MR) is 78.9 cm³/mol. The van der Waals surface area contributed by atoms with E-state index in [0.717, 1.165) is 5.56 Å². The minimum absolute atomic E-state index is 0.0694. The van der Waals surface area contributed by atoms with Crippen molar-refractivity contribution in [3.63, 3.8) is 0 Å². The fourth-order valence-corrected chi connectivity index (χ4v) is 3.51. The second-order valence-corrected chi connectivity index (χ2v) is 6.83. The molecule has 1 aromatic carbocycles. The van der Waals surface area contributed by atoms with Gasteiger partial charge in [0.2, 0.25) is 0 Å². The van der Waals surface area contributed by atoms with Crippen molar-refractivity contribution in [1.29, 1.82) is 0 Å². The van der Waals surface area contributed by atoms with Gasteiger partial charge in [-0.25, -0.2) is 13.4 Å². The van der Waals surface area contributed by atoms with E-state index in [1.54, 1.807) is 6.07 Å². The van der Waals surface area contributed by atoms with E-state index < -0.39 is 10.0 Å². The van der Waals surface area contributed by atoms with Crippen LogP contribution in [0.2, 0.25) is 5.15 Å². The smallest absolute Gasteiger partial charge is 0.262 e. The van der Waals surface area contributed by atoms with Gasteiger partial charge in [-0.3, -0.25) is 4.72 Å². The van der Waals surface area contributed by atoms with Gasteiger partial charge in [-0.15, -0.1) is 0 Å². The molecule has 0 radical (unpaired) electrons. The van der Waals surface area contributed by atoms with Crippen LogP contribution in [-0.4, -0.2) is 13.4 Å². The summed E-state index contributed by atoms with van der Waals surface area (Å²) >= 11 is 9.01. The number of hydrogen-bond acceptors (Lipinski definition) is 3. The van der Waals surface area contributed by atoms with Crippen molar-refractivity contribution < 1.29 is 8.42 Å². The van der Waals surface area contributed by atoms with Crippen LogP contribution >= 0.6 is 27.5 Å². The van der Waals surface area contributed by atoms with Crippen LogP contribution < -0.4 is 4.72 Å². The van der Waals surface area contributed by atoms with Gasteiger partial charge in [0.1, 0.15) is 5.15 Å². The lowest BCUT2D eigenvalue weighted by atomic mass is 10.2. The zero-order valence-corrected chi connectivity index (χ0v) is 13.1. The minimum Gasteiger partial charge on any atom is -0.278 e. The molecular weight excluding hydrogens is 352 g/mol. The number of aryl methyl sites for hydroxylation is 1. The van der Waals surface area contributed by atoms with Crippen LogP contribution in [0.5, 0.6) is 0 Å². The summed E-state index contributed by atoms with van der Waals surface area (Å²) in [5.74, 6) is 0. The third kappa shape index (κ3) is 3.46. The maximum atomic E-state index is 12.2. The Morgan fingerprint density at radius 1 is 1.26 bits per heavy atom. The van der Waals surface area contributed by atoms with Crippen LogP contribution in [0, 0.1) is 6.92 Å². The van der Waals surface area contributed by atoms with Crippen LogP contribution in [0.25, 0.3) is 0 Å². The summed E-state index contributed by atoms with van der Waals surface area (Å²) in [6.45, 7) is 1.92. The topological polar surface area (TPSA) is 59.1 Å². The van der Waals surface area contributed by atoms with Crippen LogP contribution in [0.15, 0.2) is 45.9 Å². The summed E-state index contributed by atoms with van der Waals surface area (Å²) in [6.07, 6.45) is 1.35. The van der Waals surface area contributed by atoms with E-state index in [4.69, 9.17) is 11.6 Å². The van der Waals surface area contributed by atoms with Gasteiger partial charge in [0, 0.05) is 10.7 Å². The van der Waals surface area contributed by atoms with Crippen molar-refractivity contribution in [3.8, 4) is 0 Å². The molecule has 0 aliphatic rings. The second-order valence-electron chi connectivity index (χ2n) is 3.90. The van der Waals surface area contributed by atoms with Crippen molar-refractivity contribution in [3.05, 3.63) is 51.7 Å². The van der Waals surface area contributed by atoms with E-state index in [1.165, 1.54) is 18.3 Å². The van der Waals surface area contributed by atoms with Crippen molar-refractivity contribution in [2.24, 2.45) is 0 Å². The first-order valence-electron chi connectivity index (χ1n) is 5.29. The van der Waals surface area contributed by atoms with Gasteiger partial charge in [0.25, 0.3) is 10.0 Å². The Hall–Kier alpha value is -1.11.